The molecule has 3 aromatic heterocycles. The van der Waals surface area contributed by atoms with Gasteiger partial charge in [0.1, 0.15) is 40.4 Å². The smallest absolute Gasteiger partial charge is 0.342 e. The van der Waals surface area contributed by atoms with E-state index in [1.165, 1.54) is 31.5 Å². The van der Waals surface area contributed by atoms with Crippen molar-refractivity contribution in [2.24, 2.45) is 7.05 Å². The second-order valence-electron chi connectivity index (χ2n) is 19.9. The van der Waals surface area contributed by atoms with Gasteiger partial charge in [0.05, 0.1) is 47.8 Å². The van der Waals surface area contributed by atoms with Gasteiger partial charge in [0.25, 0.3) is 11.8 Å². The number of aryl methyl sites for hydroxylation is 1. The molecule has 6 heterocycles. The Balaban J connectivity index is 0.780. The quantitative estimate of drug-likeness (QED) is 0.0258. The highest BCUT2D eigenvalue weighted by Crippen LogP contribution is 2.38. The van der Waals surface area contributed by atoms with Crippen LogP contribution in [0.4, 0.5) is 28.8 Å². The number of methoxy groups -OCH3 is 1. The monoisotopic (exact) mass is 1110 g/mol. The Kier molecular flexibility index (Phi) is 18.3. The predicted molar refractivity (Wildman–Crippen MR) is 295 cm³/mol. The molecule has 2 aromatic carbocycles. The van der Waals surface area contributed by atoms with Crippen molar-refractivity contribution in [3.05, 3.63) is 90.3 Å². The minimum atomic E-state index is -1.20. The summed E-state index contributed by atoms with van der Waals surface area (Å²) in [6.45, 7) is 9.58. The first kappa shape index (κ1) is 57.8. The number of esters is 1. The zero-order valence-corrected chi connectivity index (χ0v) is 45.3. The number of nitrogens with zero attached hydrogens (tertiary/aromatic N) is 7. The fourth-order valence-electron chi connectivity index (χ4n) is 9.73. The Morgan fingerprint density at radius 3 is 2.14 bits per heavy atom. The summed E-state index contributed by atoms with van der Waals surface area (Å²) in [5.74, 6) is -5.39. The summed E-state index contributed by atoms with van der Waals surface area (Å²) in [4.78, 5) is 159. The predicted octanol–water partition coefficient (Wildman–Crippen LogP) is 5.03. The maximum absolute atomic E-state index is 13.4. The lowest BCUT2D eigenvalue weighted by Crippen LogP contribution is -2.54. The van der Waals surface area contributed by atoms with Crippen LogP contribution in [0.1, 0.15) is 109 Å². The highest BCUT2D eigenvalue weighted by atomic mass is 16.5. The number of pyridine rings is 1. The number of ether oxygens (including phenoxy) is 2. The SMILES string of the molecule is C=CC(=O)Nc1cc(Nc2ncc(C(=O)OC(C)C)c(-c3cn(C)c4ccccc34)n2)c(OC)nc1N1CCN(CCC(=O)CCC(=O)CCC(=O)CCC(=O)CC(=O)Nc2cccc3c2C(=O)N(C2CCC(=O)NC2=O)C3=O)CC1. The van der Waals surface area contributed by atoms with Gasteiger partial charge >= 0.3 is 5.97 Å². The normalized spacial score (nSPS) is 15.3. The van der Waals surface area contributed by atoms with Crippen LogP contribution in [0.5, 0.6) is 5.88 Å². The van der Waals surface area contributed by atoms with E-state index >= 15 is 0 Å². The molecule has 0 saturated carbocycles. The molecule has 24 nitrogen and oxygen atoms in total. The van der Waals surface area contributed by atoms with Gasteiger partial charge in [-0.15, -0.1) is 0 Å². The van der Waals surface area contributed by atoms with E-state index in [2.05, 4.69) is 37.7 Å². The lowest BCUT2D eigenvalue weighted by atomic mass is 10.0. The maximum atomic E-state index is 13.4. The van der Waals surface area contributed by atoms with E-state index in [0.717, 1.165) is 21.9 Å². The van der Waals surface area contributed by atoms with E-state index in [1.54, 1.807) is 19.9 Å². The molecule has 3 aliphatic heterocycles. The zero-order valence-electron chi connectivity index (χ0n) is 45.3. The number of fused-ring (bicyclic) bond motifs is 2. The number of imide groups is 2. The number of benzene rings is 2. The summed E-state index contributed by atoms with van der Waals surface area (Å²) >= 11 is 0. The van der Waals surface area contributed by atoms with E-state index in [0.29, 0.717) is 61.2 Å². The molecule has 4 N–H and O–H groups in total. The first-order valence-corrected chi connectivity index (χ1v) is 26.4. The van der Waals surface area contributed by atoms with Crippen LogP contribution in [-0.2, 0) is 50.1 Å². The van der Waals surface area contributed by atoms with Crippen LogP contribution in [0.2, 0.25) is 0 Å². The van der Waals surface area contributed by atoms with Crippen LogP contribution in [0, 0.1) is 0 Å². The Morgan fingerprint density at radius 2 is 1.47 bits per heavy atom. The van der Waals surface area contributed by atoms with Crippen LogP contribution < -0.4 is 30.9 Å². The van der Waals surface area contributed by atoms with Gasteiger partial charge in [-0.2, -0.15) is 4.98 Å². The van der Waals surface area contributed by atoms with Crippen molar-refractivity contribution in [1.82, 2.24) is 34.6 Å². The maximum Gasteiger partial charge on any atom is 0.342 e. The zero-order chi connectivity index (χ0) is 58.1. The summed E-state index contributed by atoms with van der Waals surface area (Å²) in [6.07, 6.45) is 2.70. The molecular weight excluding hydrogens is 1050 g/mol. The van der Waals surface area contributed by atoms with Crippen LogP contribution in [-0.4, -0.2) is 146 Å². The number of nitrogens with one attached hydrogen (secondary N) is 4. The molecule has 5 aromatic rings. The molecule has 8 rings (SSSR count). The van der Waals surface area contributed by atoms with Crippen LogP contribution >= 0.6 is 0 Å². The highest BCUT2D eigenvalue weighted by Gasteiger charge is 2.46. The molecule has 24 heteroatoms. The van der Waals surface area contributed by atoms with Gasteiger partial charge in [0.15, 0.2) is 5.82 Å². The molecule has 0 spiro atoms. The van der Waals surface area contributed by atoms with Crippen LogP contribution in [0.3, 0.4) is 0 Å². The van der Waals surface area contributed by atoms with Crippen LogP contribution in [0.15, 0.2) is 73.6 Å². The van der Waals surface area contributed by atoms with Gasteiger partial charge in [-0.1, -0.05) is 30.8 Å². The number of aromatic nitrogens is 4. The number of hydrogen-bond donors (Lipinski definition) is 4. The van der Waals surface area contributed by atoms with Crippen molar-refractivity contribution in [2.75, 3.05) is 60.7 Å². The van der Waals surface area contributed by atoms with E-state index in [4.69, 9.17) is 19.4 Å². The summed E-state index contributed by atoms with van der Waals surface area (Å²) in [5, 5.41) is 11.5. The Bertz CT molecular complexity index is 3400. The molecule has 2 fully saturated rings. The lowest BCUT2D eigenvalue weighted by molar-refractivity contribution is -0.136. The average Bonchev–Trinajstić information content (AvgIpc) is 3.78. The third-order valence-electron chi connectivity index (χ3n) is 13.9. The largest absolute Gasteiger partial charge is 0.479 e. The van der Waals surface area contributed by atoms with Crippen molar-refractivity contribution in [2.45, 2.75) is 90.2 Å². The van der Waals surface area contributed by atoms with Crippen molar-refractivity contribution < 1.29 is 62.2 Å². The molecule has 0 radical (unpaired) electrons. The minimum Gasteiger partial charge on any atom is -0.479 e. The number of hydrogen-bond acceptors (Lipinski definition) is 19. The molecule has 81 heavy (non-hydrogen) atoms. The number of carbonyl (C=O) groups excluding carboxylic acids is 11. The number of rotatable bonds is 25. The van der Waals surface area contributed by atoms with Crippen LogP contribution in [0.25, 0.3) is 22.2 Å². The summed E-state index contributed by atoms with van der Waals surface area (Å²) < 4.78 is 13.2. The lowest BCUT2D eigenvalue weighted by Gasteiger charge is -2.36. The first-order chi connectivity index (χ1) is 38.8. The molecule has 6 amide bonds. The molecule has 422 valence electrons. The summed E-state index contributed by atoms with van der Waals surface area (Å²) in [5.41, 5.74) is 2.55. The average molecular weight is 1110 g/mol. The standard InChI is InChI=1S/C57H61N11O13/c1-6-46(73)60-42-29-43(61-57-58-30-39(56(79)81-32(2)3)50(63-57)40-31-65(4)44-13-8-7-10-37(40)44)53(80-5)64-51(42)67-26-24-66(25-27-67)23-22-35(71)17-16-33(69)14-15-34(70)18-19-36(72)28-48(75)59-41-12-9-11-38-49(41)55(78)68(54(38)77)45-20-21-47(74)62-52(45)76/h6-13,29-32,45H,1,14-28H2,2-5H3,(H,59,75)(H,60,73)(H,58,61,63)(H,62,74,76). The fraction of sp³-hybridized carbons (Fsp3) is 0.368. The van der Waals surface area contributed by atoms with E-state index in [9.17, 15) is 52.7 Å². The molecule has 3 aliphatic rings. The number of carbonyl (C=O) groups is 11. The number of amides is 6. The Labute approximate surface area is 465 Å². The van der Waals surface area contributed by atoms with Crippen molar-refractivity contribution in [1.29, 1.82) is 0 Å². The molecule has 2 saturated heterocycles. The fourth-order valence-corrected chi connectivity index (χ4v) is 9.73. The van der Waals surface area contributed by atoms with Gasteiger partial charge < -0.3 is 34.9 Å². The third-order valence-corrected chi connectivity index (χ3v) is 13.9. The highest BCUT2D eigenvalue weighted by molar-refractivity contribution is 6.26. The van der Waals surface area contributed by atoms with Crippen molar-refractivity contribution >= 4 is 104 Å². The third kappa shape index (κ3) is 13.8. The van der Waals surface area contributed by atoms with Gasteiger partial charge in [-0.3, -0.25) is 63.1 Å². The Morgan fingerprint density at radius 1 is 0.790 bits per heavy atom. The topological polar surface area (TPSA) is 308 Å². The summed E-state index contributed by atoms with van der Waals surface area (Å²) in [7, 11) is 3.35. The molecule has 0 aliphatic carbocycles. The second kappa shape index (κ2) is 25.6. The molecular formula is C57H61N11O13. The second-order valence-corrected chi connectivity index (χ2v) is 19.9. The van der Waals surface area contributed by atoms with Gasteiger partial charge in [0.2, 0.25) is 35.5 Å². The van der Waals surface area contributed by atoms with E-state index < -0.39 is 59.7 Å². The summed E-state index contributed by atoms with van der Waals surface area (Å²) in [6, 6.07) is 12.3. The number of ketones is 4. The first-order valence-electron chi connectivity index (χ1n) is 26.4. The van der Waals surface area contributed by atoms with E-state index in [-0.39, 0.29) is 115 Å². The number of para-hydroxylation sites is 1. The van der Waals surface area contributed by atoms with Gasteiger partial charge in [0, 0.05) is 120 Å². The van der Waals surface area contributed by atoms with Gasteiger partial charge in [-0.05, 0) is 50.6 Å². The van der Waals surface area contributed by atoms with Crippen molar-refractivity contribution in [3.8, 4) is 17.1 Å². The number of Topliss-reactive ketones (excluding diaryl/α,β-unsaturated/α-hetero) is 4. The Hall–Kier alpha value is -9.32. The minimum absolute atomic E-state index is 0.000708. The molecule has 1 atom stereocenters. The number of piperazine rings is 1. The van der Waals surface area contributed by atoms with Gasteiger partial charge in [-0.25, -0.2) is 14.8 Å². The number of piperidine rings is 1. The van der Waals surface area contributed by atoms with E-state index in [1.807, 2.05) is 47.0 Å². The number of anilines is 5. The molecule has 0 bridgehead atoms. The molecule has 1 unspecified atom stereocenters. The van der Waals surface area contributed by atoms with Crippen molar-refractivity contribution in [3.63, 3.8) is 0 Å².